The second-order valence-corrected chi connectivity index (χ2v) is 7.96. The van der Waals surface area contributed by atoms with E-state index in [0.29, 0.717) is 19.4 Å². The lowest BCUT2D eigenvalue weighted by Crippen LogP contribution is -2.51. The summed E-state index contributed by atoms with van der Waals surface area (Å²) in [6.07, 6.45) is 3.21. The Hall–Kier alpha value is -1.81. The van der Waals surface area contributed by atoms with Crippen LogP contribution in [0.2, 0.25) is 0 Å². The Morgan fingerprint density at radius 3 is 2.60 bits per heavy atom. The summed E-state index contributed by atoms with van der Waals surface area (Å²) in [7, 11) is 0. The van der Waals surface area contributed by atoms with Crippen molar-refractivity contribution in [3.63, 3.8) is 0 Å². The molecule has 1 saturated heterocycles. The minimum Gasteiger partial charge on any atom is -0.444 e. The van der Waals surface area contributed by atoms with E-state index >= 15 is 0 Å². The Morgan fingerprint density at radius 2 is 2.00 bits per heavy atom. The number of rotatable bonds is 3. The van der Waals surface area contributed by atoms with Gasteiger partial charge >= 0.3 is 6.09 Å². The van der Waals surface area contributed by atoms with Gasteiger partial charge in [0, 0.05) is 12.6 Å². The second kappa shape index (κ2) is 8.05. The molecule has 140 valence electrons. The molecule has 2 aliphatic rings. The maximum atomic E-state index is 12.7. The van der Waals surface area contributed by atoms with Crippen LogP contribution in [-0.2, 0) is 9.53 Å². The van der Waals surface area contributed by atoms with Crippen molar-refractivity contribution in [1.82, 2.24) is 9.80 Å². The standard InChI is InChI=1S/C18H29N3O4/c1-18(2,3)25-17(24)21(13-6-4-8-15(22)10-13)12-16(23)20-9-5-7-14(20)11-19/h13-15,22H,4-10,12H2,1-3H3/t13-,14-,15-/m0/s1. The minimum absolute atomic E-state index is 0.107. The van der Waals surface area contributed by atoms with Crippen LogP contribution in [0.3, 0.4) is 0 Å². The molecule has 1 heterocycles. The van der Waals surface area contributed by atoms with Crippen LogP contribution in [0.1, 0.15) is 59.3 Å². The van der Waals surface area contributed by atoms with Crippen LogP contribution in [0.5, 0.6) is 0 Å². The van der Waals surface area contributed by atoms with E-state index in [1.165, 1.54) is 4.90 Å². The normalized spacial score (nSPS) is 26.8. The third-order valence-electron chi connectivity index (χ3n) is 4.72. The minimum atomic E-state index is -0.658. The summed E-state index contributed by atoms with van der Waals surface area (Å²) in [5.41, 5.74) is -0.658. The van der Waals surface area contributed by atoms with Gasteiger partial charge in [-0.1, -0.05) is 0 Å². The number of ether oxygens (including phenoxy) is 1. The predicted molar refractivity (Wildman–Crippen MR) is 91.6 cm³/mol. The molecule has 1 aliphatic heterocycles. The molecule has 0 unspecified atom stereocenters. The molecule has 7 nitrogen and oxygen atoms in total. The molecule has 0 aromatic rings. The first-order chi connectivity index (χ1) is 11.7. The average Bonchev–Trinajstić information content (AvgIpc) is 2.99. The third kappa shape index (κ3) is 5.33. The predicted octanol–water partition coefficient (Wildman–Crippen LogP) is 2.04. The monoisotopic (exact) mass is 351 g/mol. The molecule has 1 aliphatic carbocycles. The van der Waals surface area contributed by atoms with Gasteiger partial charge in [0.2, 0.25) is 5.91 Å². The zero-order chi connectivity index (χ0) is 18.6. The van der Waals surface area contributed by atoms with Crippen LogP contribution in [0, 0.1) is 11.3 Å². The van der Waals surface area contributed by atoms with E-state index in [1.807, 2.05) is 0 Å². The van der Waals surface area contributed by atoms with Crippen molar-refractivity contribution in [3.8, 4) is 6.07 Å². The lowest BCUT2D eigenvalue weighted by atomic mass is 9.92. The van der Waals surface area contributed by atoms with Gasteiger partial charge in [-0.2, -0.15) is 5.26 Å². The van der Waals surface area contributed by atoms with E-state index in [-0.39, 0.29) is 18.5 Å². The number of nitrogens with zero attached hydrogens (tertiary/aromatic N) is 3. The quantitative estimate of drug-likeness (QED) is 0.840. The van der Waals surface area contributed by atoms with Crippen molar-refractivity contribution >= 4 is 12.0 Å². The highest BCUT2D eigenvalue weighted by Crippen LogP contribution is 2.26. The van der Waals surface area contributed by atoms with E-state index in [9.17, 15) is 20.0 Å². The van der Waals surface area contributed by atoms with Crippen molar-refractivity contribution in [2.45, 2.75) is 83.1 Å². The molecule has 2 fully saturated rings. The van der Waals surface area contributed by atoms with Crippen molar-refractivity contribution in [3.05, 3.63) is 0 Å². The zero-order valence-electron chi connectivity index (χ0n) is 15.4. The number of hydrogen-bond donors (Lipinski definition) is 1. The van der Waals surface area contributed by atoms with Crippen molar-refractivity contribution in [2.24, 2.45) is 0 Å². The Balaban J connectivity index is 2.12. The number of nitriles is 1. The fourth-order valence-electron chi connectivity index (χ4n) is 3.52. The lowest BCUT2D eigenvalue weighted by Gasteiger charge is -2.37. The highest BCUT2D eigenvalue weighted by atomic mass is 16.6. The van der Waals surface area contributed by atoms with E-state index in [4.69, 9.17) is 4.74 Å². The summed E-state index contributed by atoms with van der Waals surface area (Å²) in [5, 5.41) is 19.1. The zero-order valence-corrected chi connectivity index (χ0v) is 15.4. The molecule has 7 heteroatoms. The highest BCUT2D eigenvalue weighted by molar-refractivity contribution is 5.83. The van der Waals surface area contributed by atoms with E-state index in [2.05, 4.69) is 6.07 Å². The third-order valence-corrected chi connectivity index (χ3v) is 4.72. The SMILES string of the molecule is CC(C)(C)OC(=O)N(CC(=O)N1CCC[C@H]1C#N)[C@H]1CCC[C@H](O)C1. The van der Waals surface area contributed by atoms with E-state index in [1.54, 1.807) is 25.7 Å². The molecular weight excluding hydrogens is 322 g/mol. The Kier molecular flexibility index (Phi) is 6.28. The Morgan fingerprint density at radius 1 is 1.28 bits per heavy atom. The molecule has 2 amide bonds. The summed E-state index contributed by atoms with van der Waals surface area (Å²) in [4.78, 5) is 28.3. The highest BCUT2D eigenvalue weighted by Gasteiger charge is 2.36. The lowest BCUT2D eigenvalue weighted by molar-refractivity contribution is -0.133. The number of aliphatic hydroxyl groups is 1. The van der Waals surface area contributed by atoms with Gasteiger partial charge in [-0.15, -0.1) is 0 Å². The number of amides is 2. The number of carbonyl (C=O) groups excluding carboxylic acids is 2. The first-order valence-corrected chi connectivity index (χ1v) is 9.08. The van der Waals surface area contributed by atoms with Gasteiger partial charge in [0.15, 0.2) is 0 Å². The van der Waals surface area contributed by atoms with Crippen LogP contribution in [0.15, 0.2) is 0 Å². The topological polar surface area (TPSA) is 93.9 Å². The van der Waals surface area contributed by atoms with Crippen LogP contribution in [0.4, 0.5) is 4.79 Å². The maximum absolute atomic E-state index is 12.7. The largest absolute Gasteiger partial charge is 0.444 e. The summed E-state index contributed by atoms with van der Waals surface area (Å²) in [6, 6.07) is 1.52. The molecule has 2 rings (SSSR count). The van der Waals surface area contributed by atoms with Crippen LogP contribution >= 0.6 is 0 Å². The Labute approximate surface area is 149 Å². The summed E-state index contributed by atoms with van der Waals surface area (Å²) in [5.74, 6) is -0.227. The van der Waals surface area contributed by atoms with Crippen LogP contribution in [0.25, 0.3) is 0 Å². The van der Waals surface area contributed by atoms with Gasteiger partial charge in [0.05, 0.1) is 12.2 Å². The molecule has 1 N–H and O–H groups in total. The van der Waals surface area contributed by atoms with Gasteiger partial charge in [-0.25, -0.2) is 4.79 Å². The van der Waals surface area contributed by atoms with Crippen molar-refractivity contribution in [1.29, 1.82) is 5.26 Å². The summed E-state index contributed by atoms with van der Waals surface area (Å²) >= 11 is 0. The molecular formula is C18H29N3O4. The van der Waals surface area contributed by atoms with Gasteiger partial charge in [0.25, 0.3) is 0 Å². The average molecular weight is 351 g/mol. The van der Waals surface area contributed by atoms with E-state index < -0.39 is 23.8 Å². The molecule has 3 atom stereocenters. The molecule has 0 bridgehead atoms. The van der Waals surface area contributed by atoms with Gasteiger partial charge < -0.3 is 14.7 Å². The fourth-order valence-corrected chi connectivity index (χ4v) is 3.52. The summed E-state index contributed by atoms with van der Waals surface area (Å²) < 4.78 is 5.47. The van der Waals surface area contributed by atoms with E-state index in [0.717, 1.165) is 25.7 Å². The van der Waals surface area contributed by atoms with Gasteiger partial charge in [0.1, 0.15) is 18.2 Å². The molecule has 0 spiro atoms. The van der Waals surface area contributed by atoms with Crippen LogP contribution < -0.4 is 0 Å². The first-order valence-electron chi connectivity index (χ1n) is 9.08. The number of likely N-dealkylation sites (tertiary alicyclic amines) is 1. The maximum Gasteiger partial charge on any atom is 0.411 e. The molecule has 0 aromatic carbocycles. The van der Waals surface area contributed by atoms with Gasteiger partial charge in [-0.05, 0) is 59.3 Å². The molecule has 25 heavy (non-hydrogen) atoms. The summed E-state index contributed by atoms with van der Waals surface area (Å²) in [6.45, 7) is 5.80. The van der Waals surface area contributed by atoms with Crippen molar-refractivity contribution in [2.75, 3.05) is 13.1 Å². The molecule has 1 saturated carbocycles. The number of hydrogen-bond acceptors (Lipinski definition) is 5. The van der Waals surface area contributed by atoms with Crippen LogP contribution in [-0.4, -0.2) is 63.8 Å². The second-order valence-electron chi connectivity index (χ2n) is 7.96. The first kappa shape index (κ1) is 19.5. The van der Waals surface area contributed by atoms with Gasteiger partial charge in [-0.3, -0.25) is 9.69 Å². The molecule has 0 aromatic heterocycles. The number of carbonyl (C=O) groups is 2. The number of aliphatic hydroxyl groups excluding tert-OH is 1. The molecule has 0 radical (unpaired) electrons. The Bertz CT molecular complexity index is 537. The fraction of sp³-hybridized carbons (Fsp3) is 0.833. The smallest absolute Gasteiger partial charge is 0.411 e. The van der Waals surface area contributed by atoms with Crippen molar-refractivity contribution < 1.29 is 19.4 Å².